The maximum atomic E-state index is 12.6. The van der Waals surface area contributed by atoms with Crippen LogP contribution < -0.4 is 10.0 Å². The van der Waals surface area contributed by atoms with Crippen LogP contribution in [0.15, 0.2) is 35.2 Å². The molecule has 0 N–H and O–H groups in total. The number of nitro benzene ring substituents is 1. The Morgan fingerprint density at radius 2 is 2.28 bits per heavy atom. The molecule has 1 aromatic carbocycles. The lowest BCUT2D eigenvalue weighted by Crippen LogP contribution is -2.09. The van der Waals surface area contributed by atoms with Crippen molar-refractivity contribution in [1.82, 2.24) is 0 Å². The number of nitrogens with zero attached hydrogens (tertiary/aromatic N) is 2. The fourth-order valence-electron chi connectivity index (χ4n) is 1.68. The molecule has 0 fully saturated rings. The minimum absolute atomic E-state index is 0.114. The molecule has 1 heterocycles. The third-order valence-electron chi connectivity index (χ3n) is 2.65. The molecule has 7 heteroatoms. The number of methoxy groups -OCH3 is 1. The largest absolute Gasteiger partial charge is 0.490 e. The standard InChI is InChI=1S/C11H11N2O4P/c1-17-11-8-9(2-3-10(11)13(14)15)18(16)6-4-12-5-7-18/h2-6,8H,7H2,1H3. The molecular formula is C11H11N2O4P. The molecular weight excluding hydrogens is 255 g/mol. The van der Waals surface area contributed by atoms with Gasteiger partial charge in [0.05, 0.1) is 12.0 Å². The zero-order valence-corrected chi connectivity index (χ0v) is 10.5. The van der Waals surface area contributed by atoms with E-state index in [0.29, 0.717) is 11.5 Å². The summed E-state index contributed by atoms with van der Waals surface area (Å²) in [5.41, 5.74) is -0.137. The minimum Gasteiger partial charge on any atom is -0.490 e. The van der Waals surface area contributed by atoms with Crippen LogP contribution in [0.1, 0.15) is 0 Å². The summed E-state index contributed by atoms with van der Waals surface area (Å²) >= 11 is 0. The van der Waals surface area contributed by atoms with Crippen LogP contribution in [0.25, 0.3) is 0 Å². The van der Waals surface area contributed by atoms with Crippen LogP contribution >= 0.6 is 7.14 Å². The van der Waals surface area contributed by atoms with Crippen molar-refractivity contribution in [2.75, 3.05) is 13.3 Å². The van der Waals surface area contributed by atoms with Crippen molar-refractivity contribution < 1.29 is 14.2 Å². The average Bonchev–Trinajstić information content (AvgIpc) is 2.38. The highest BCUT2D eigenvalue weighted by atomic mass is 31.2. The van der Waals surface area contributed by atoms with Crippen molar-refractivity contribution in [2.24, 2.45) is 4.99 Å². The van der Waals surface area contributed by atoms with E-state index < -0.39 is 12.1 Å². The van der Waals surface area contributed by atoms with Gasteiger partial charge in [-0.1, -0.05) is 0 Å². The third kappa shape index (κ3) is 2.19. The lowest BCUT2D eigenvalue weighted by Gasteiger charge is -2.15. The van der Waals surface area contributed by atoms with Gasteiger partial charge in [0.15, 0.2) is 5.75 Å². The van der Waals surface area contributed by atoms with Crippen LogP contribution in [0, 0.1) is 10.1 Å². The Balaban J connectivity index is 2.48. The monoisotopic (exact) mass is 266 g/mol. The first-order valence-electron chi connectivity index (χ1n) is 5.18. The molecule has 1 aliphatic heterocycles. The van der Waals surface area contributed by atoms with Crippen LogP contribution in [-0.4, -0.2) is 24.4 Å². The van der Waals surface area contributed by atoms with Gasteiger partial charge in [-0.3, -0.25) is 15.1 Å². The van der Waals surface area contributed by atoms with Crippen molar-refractivity contribution in [3.63, 3.8) is 0 Å². The summed E-state index contributed by atoms with van der Waals surface area (Å²) in [6.07, 6.45) is 3.39. The number of benzene rings is 1. The summed E-state index contributed by atoms with van der Waals surface area (Å²) in [6, 6.07) is 4.28. The summed E-state index contributed by atoms with van der Waals surface area (Å²) < 4.78 is 17.5. The second kappa shape index (κ2) is 4.74. The first-order valence-corrected chi connectivity index (χ1v) is 7.14. The highest BCUT2D eigenvalue weighted by Gasteiger charge is 2.25. The zero-order valence-electron chi connectivity index (χ0n) is 9.65. The first-order chi connectivity index (χ1) is 8.57. The number of hydrogen-bond acceptors (Lipinski definition) is 5. The van der Waals surface area contributed by atoms with Crippen LogP contribution in [0.2, 0.25) is 0 Å². The summed E-state index contributed by atoms with van der Waals surface area (Å²) in [5.74, 6) is 1.66. The van der Waals surface area contributed by atoms with Gasteiger partial charge in [0, 0.05) is 29.9 Å². The molecule has 0 aromatic heterocycles. The zero-order chi connectivity index (χ0) is 13.2. The van der Waals surface area contributed by atoms with E-state index in [1.54, 1.807) is 12.0 Å². The third-order valence-corrected chi connectivity index (χ3v) is 5.12. The maximum Gasteiger partial charge on any atom is 0.310 e. The van der Waals surface area contributed by atoms with E-state index in [4.69, 9.17) is 4.74 Å². The van der Waals surface area contributed by atoms with E-state index in [-0.39, 0.29) is 11.4 Å². The van der Waals surface area contributed by atoms with Crippen LogP contribution in [-0.2, 0) is 4.57 Å². The van der Waals surface area contributed by atoms with Gasteiger partial charge in [-0.2, -0.15) is 0 Å². The topological polar surface area (TPSA) is 81.8 Å². The van der Waals surface area contributed by atoms with Gasteiger partial charge in [0.1, 0.15) is 7.14 Å². The normalized spacial score (nSPS) is 21.8. The van der Waals surface area contributed by atoms with Gasteiger partial charge in [0.25, 0.3) is 0 Å². The quantitative estimate of drug-likeness (QED) is 0.476. The summed E-state index contributed by atoms with van der Waals surface area (Å²) in [7, 11) is -1.34. The molecule has 0 amide bonds. The molecule has 1 aliphatic rings. The molecule has 0 saturated carbocycles. The van der Waals surface area contributed by atoms with Crippen molar-refractivity contribution in [2.45, 2.75) is 0 Å². The lowest BCUT2D eigenvalue weighted by molar-refractivity contribution is -0.385. The van der Waals surface area contributed by atoms with Gasteiger partial charge in [-0.15, -0.1) is 0 Å². The van der Waals surface area contributed by atoms with Gasteiger partial charge < -0.3 is 9.30 Å². The first kappa shape index (κ1) is 12.5. The van der Waals surface area contributed by atoms with Crippen molar-refractivity contribution in [1.29, 1.82) is 0 Å². The van der Waals surface area contributed by atoms with E-state index in [0.717, 1.165) is 0 Å². The second-order valence-corrected chi connectivity index (χ2v) is 6.49. The summed E-state index contributed by atoms with van der Waals surface area (Å²) in [4.78, 5) is 14.1. The minimum atomic E-state index is -2.69. The van der Waals surface area contributed by atoms with Crippen LogP contribution in [0.5, 0.6) is 5.75 Å². The van der Waals surface area contributed by atoms with Gasteiger partial charge in [-0.25, -0.2) is 0 Å². The van der Waals surface area contributed by atoms with Gasteiger partial charge >= 0.3 is 5.69 Å². The van der Waals surface area contributed by atoms with E-state index in [1.807, 2.05) is 0 Å². The average molecular weight is 266 g/mol. The predicted molar refractivity (Wildman–Crippen MR) is 69.4 cm³/mol. The summed E-state index contributed by atoms with van der Waals surface area (Å²) in [5, 5.41) is 11.3. The predicted octanol–water partition coefficient (Wildman–Crippen LogP) is 2.15. The van der Waals surface area contributed by atoms with Crippen molar-refractivity contribution >= 4 is 24.3 Å². The number of rotatable bonds is 3. The molecule has 94 valence electrons. The van der Waals surface area contributed by atoms with Crippen molar-refractivity contribution in [3.8, 4) is 5.75 Å². The fourth-order valence-corrected chi connectivity index (χ4v) is 3.48. The molecule has 18 heavy (non-hydrogen) atoms. The number of aliphatic imine (C=N–C) groups is 1. The molecule has 0 saturated heterocycles. The fraction of sp³-hybridized carbons (Fsp3) is 0.182. The molecule has 1 unspecified atom stereocenters. The SMILES string of the molecule is COc1cc(P2(=O)C=CN=CC2)ccc1[N+](=O)[O-]. The van der Waals surface area contributed by atoms with Crippen LogP contribution in [0.4, 0.5) is 5.69 Å². The van der Waals surface area contributed by atoms with E-state index in [2.05, 4.69) is 4.99 Å². The van der Waals surface area contributed by atoms with E-state index >= 15 is 0 Å². The Kier molecular flexibility index (Phi) is 3.30. The molecule has 1 aromatic rings. The lowest BCUT2D eigenvalue weighted by atomic mass is 10.3. The molecule has 2 rings (SSSR count). The maximum absolute atomic E-state index is 12.6. The molecule has 1 atom stereocenters. The Hall–Kier alpha value is -1.94. The summed E-state index contributed by atoms with van der Waals surface area (Å²) in [6.45, 7) is 0. The molecule has 0 spiro atoms. The Bertz CT molecular complexity index is 595. The Labute approximate surface area is 104 Å². The Morgan fingerprint density at radius 1 is 1.50 bits per heavy atom. The molecule has 6 nitrogen and oxygen atoms in total. The van der Waals surface area contributed by atoms with E-state index in [1.165, 1.54) is 31.5 Å². The highest BCUT2D eigenvalue weighted by Crippen LogP contribution is 2.47. The molecule has 0 aliphatic carbocycles. The molecule has 0 radical (unpaired) electrons. The number of nitro groups is 1. The number of hydrogen-bond donors (Lipinski definition) is 0. The van der Waals surface area contributed by atoms with Gasteiger partial charge in [0.2, 0.25) is 0 Å². The van der Waals surface area contributed by atoms with Gasteiger partial charge in [-0.05, 0) is 17.9 Å². The Morgan fingerprint density at radius 3 is 2.83 bits per heavy atom. The van der Waals surface area contributed by atoms with E-state index in [9.17, 15) is 14.7 Å². The highest BCUT2D eigenvalue weighted by molar-refractivity contribution is 7.75. The molecule has 0 bridgehead atoms. The van der Waals surface area contributed by atoms with Crippen LogP contribution in [0.3, 0.4) is 0 Å². The second-order valence-electron chi connectivity index (χ2n) is 3.72. The number of ether oxygens (including phenoxy) is 1. The smallest absolute Gasteiger partial charge is 0.310 e. The van der Waals surface area contributed by atoms with Crippen molar-refractivity contribution in [3.05, 3.63) is 40.3 Å².